The molecule has 152 valence electrons. The smallest absolute Gasteiger partial charge is 0.0902 e. The standard InChI is InChI=1S/C24H36N2P2/c1-5-17-13-14-18(6-2)27(17)23-24(26-22-12-10-9-11-21(22)25-23)28-19(7-3)15-16-20(28)8-4/h9-12,17-20H,5-8,13-16H2,1-4H3/t17-,18-,19-,20-/m1/s1. The minimum absolute atomic E-state index is 0.183. The van der Waals surface area contributed by atoms with E-state index in [0.717, 1.165) is 33.7 Å². The molecule has 2 fully saturated rings. The Labute approximate surface area is 173 Å². The Morgan fingerprint density at radius 2 is 0.964 bits per heavy atom. The van der Waals surface area contributed by atoms with Gasteiger partial charge >= 0.3 is 0 Å². The largest absolute Gasteiger partial charge is 0.244 e. The van der Waals surface area contributed by atoms with E-state index in [2.05, 4.69) is 52.0 Å². The van der Waals surface area contributed by atoms with Crippen LogP contribution in [0.4, 0.5) is 0 Å². The van der Waals surface area contributed by atoms with Crippen molar-refractivity contribution < 1.29 is 0 Å². The highest BCUT2D eigenvalue weighted by Crippen LogP contribution is 2.61. The number of fused-ring (bicyclic) bond motifs is 1. The fourth-order valence-electron chi connectivity index (χ4n) is 5.55. The van der Waals surface area contributed by atoms with Gasteiger partial charge in [-0.1, -0.05) is 39.8 Å². The fourth-order valence-corrected chi connectivity index (χ4v) is 13.1. The van der Waals surface area contributed by atoms with Crippen LogP contribution in [0.5, 0.6) is 0 Å². The lowest BCUT2D eigenvalue weighted by Crippen LogP contribution is -2.35. The summed E-state index contributed by atoms with van der Waals surface area (Å²) < 4.78 is 0. The van der Waals surface area contributed by atoms with Gasteiger partial charge in [0.1, 0.15) is 0 Å². The first kappa shape index (κ1) is 20.7. The summed E-state index contributed by atoms with van der Waals surface area (Å²) in [6.07, 6.45) is 10.8. The summed E-state index contributed by atoms with van der Waals surface area (Å²) in [7, 11) is -0.366. The van der Waals surface area contributed by atoms with Crippen molar-refractivity contribution in [2.75, 3.05) is 0 Å². The Hall–Kier alpha value is -0.580. The van der Waals surface area contributed by atoms with E-state index < -0.39 is 0 Å². The summed E-state index contributed by atoms with van der Waals surface area (Å²) in [5.74, 6) is 0. The van der Waals surface area contributed by atoms with E-state index in [0.29, 0.717) is 0 Å². The molecule has 0 bridgehead atoms. The van der Waals surface area contributed by atoms with Gasteiger partial charge in [0.2, 0.25) is 0 Å². The average molecular weight is 415 g/mol. The number of para-hydroxylation sites is 2. The lowest BCUT2D eigenvalue weighted by atomic mass is 10.1. The summed E-state index contributed by atoms with van der Waals surface area (Å²) in [6.45, 7) is 9.60. The third kappa shape index (κ3) is 3.65. The highest BCUT2D eigenvalue weighted by molar-refractivity contribution is 7.73. The molecule has 2 saturated heterocycles. The van der Waals surface area contributed by atoms with Crippen molar-refractivity contribution in [3.8, 4) is 0 Å². The summed E-state index contributed by atoms with van der Waals surface area (Å²) in [5.41, 5.74) is 8.62. The molecule has 2 aromatic rings. The van der Waals surface area contributed by atoms with E-state index >= 15 is 0 Å². The van der Waals surface area contributed by atoms with Crippen LogP contribution in [-0.4, -0.2) is 32.6 Å². The van der Waals surface area contributed by atoms with Crippen LogP contribution >= 0.6 is 15.8 Å². The molecule has 0 amide bonds. The van der Waals surface area contributed by atoms with E-state index in [1.807, 2.05) is 0 Å². The third-order valence-electron chi connectivity index (χ3n) is 7.15. The molecule has 0 radical (unpaired) electrons. The van der Waals surface area contributed by atoms with Gasteiger partial charge in [-0.15, -0.1) is 0 Å². The van der Waals surface area contributed by atoms with Crippen molar-refractivity contribution in [2.45, 2.75) is 102 Å². The molecule has 2 aliphatic rings. The molecule has 0 unspecified atom stereocenters. The maximum absolute atomic E-state index is 5.42. The number of hydrogen-bond acceptors (Lipinski definition) is 2. The Morgan fingerprint density at radius 3 is 1.25 bits per heavy atom. The zero-order valence-electron chi connectivity index (χ0n) is 18.1. The summed E-state index contributed by atoms with van der Waals surface area (Å²) in [4.78, 5) is 10.8. The van der Waals surface area contributed by atoms with Gasteiger partial charge in [-0.3, -0.25) is 0 Å². The van der Waals surface area contributed by atoms with Crippen LogP contribution in [0.1, 0.15) is 79.1 Å². The van der Waals surface area contributed by atoms with Gasteiger partial charge < -0.3 is 0 Å². The number of nitrogens with zero attached hydrogens (tertiary/aromatic N) is 2. The maximum atomic E-state index is 5.42. The van der Waals surface area contributed by atoms with Gasteiger partial charge in [-0.2, -0.15) is 0 Å². The van der Waals surface area contributed by atoms with Gasteiger partial charge in [0.25, 0.3) is 0 Å². The van der Waals surface area contributed by atoms with Crippen LogP contribution in [0.3, 0.4) is 0 Å². The van der Waals surface area contributed by atoms with Crippen LogP contribution in [-0.2, 0) is 0 Å². The van der Waals surface area contributed by atoms with Gasteiger partial charge in [0, 0.05) is 0 Å². The molecule has 0 spiro atoms. The molecule has 3 heterocycles. The highest BCUT2D eigenvalue weighted by Gasteiger charge is 2.42. The first-order valence-electron chi connectivity index (χ1n) is 11.5. The molecule has 28 heavy (non-hydrogen) atoms. The summed E-state index contributed by atoms with van der Waals surface area (Å²) >= 11 is 0. The molecule has 1 aromatic carbocycles. The molecule has 4 atom stereocenters. The molecule has 0 saturated carbocycles. The SMILES string of the molecule is CC[C@@H]1CC[C@@H](CC)P1c1nc2ccccc2nc1P1[C@H](CC)CC[C@H]1CC. The van der Waals surface area contributed by atoms with Crippen molar-refractivity contribution in [2.24, 2.45) is 0 Å². The second kappa shape index (κ2) is 9.06. The van der Waals surface area contributed by atoms with E-state index in [-0.39, 0.29) is 15.8 Å². The molecule has 4 rings (SSSR count). The zero-order valence-corrected chi connectivity index (χ0v) is 19.9. The van der Waals surface area contributed by atoms with E-state index in [9.17, 15) is 0 Å². The first-order valence-corrected chi connectivity index (χ1v) is 14.5. The predicted molar refractivity (Wildman–Crippen MR) is 127 cm³/mol. The Kier molecular flexibility index (Phi) is 6.69. The van der Waals surface area contributed by atoms with E-state index in [1.54, 1.807) is 0 Å². The number of rotatable bonds is 6. The van der Waals surface area contributed by atoms with Crippen LogP contribution in [0.25, 0.3) is 11.0 Å². The number of aromatic nitrogens is 2. The normalized spacial score (nSPS) is 29.1. The molecule has 1 aromatic heterocycles. The van der Waals surface area contributed by atoms with Gasteiger partial charge in [-0.25, -0.2) is 9.97 Å². The fraction of sp³-hybridized carbons (Fsp3) is 0.667. The van der Waals surface area contributed by atoms with Crippen LogP contribution in [0.15, 0.2) is 24.3 Å². The molecule has 0 N–H and O–H groups in total. The molecule has 0 aliphatic carbocycles. The summed E-state index contributed by atoms with van der Waals surface area (Å²) in [6, 6.07) is 8.61. The van der Waals surface area contributed by atoms with Crippen molar-refractivity contribution in [3.05, 3.63) is 24.3 Å². The Balaban J connectivity index is 1.90. The lowest BCUT2D eigenvalue weighted by molar-refractivity contribution is 0.696. The van der Waals surface area contributed by atoms with Gasteiger partial charge in [-0.05, 0) is 102 Å². The van der Waals surface area contributed by atoms with Crippen LogP contribution in [0, 0.1) is 0 Å². The van der Waals surface area contributed by atoms with Gasteiger partial charge in [0.15, 0.2) is 0 Å². The second-order valence-corrected chi connectivity index (χ2v) is 14.0. The van der Waals surface area contributed by atoms with Crippen molar-refractivity contribution in [1.29, 1.82) is 0 Å². The molecular formula is C24H36N2P2. The molecule has 2 aliphatic heterocycles. The van der Waals surface area contributed by atoms with Crippen molar-refractivity contribution in [3.63, 3.8) is 0 Å². The number of hydrogen-bond donors (Lipinski definition) is 0. The zero-order chi connectivity index (χ0) is 19.7. The Bertz CT molecular complexity index is 718. The first-order chi connectivity index (χ1) is 13.7. The third-order valence-corrected chi connectivity index (χ3v) is 14.6. The van der Waals surface area contributed by atoms with Crippen LogP contribution in [0.2, 0.25) is 0 Å². The van der Waals surface area contributed by atoms with Crippen molar-refractivity contribution in [1.82, 2.24) is 9.97 Å². The molecular weight excluding hydrogens is 378 g/mol. The van der Waals surface area contributed by atoms with Gasteiger partial charge in [0.05, 0.1) is 21.9 Å². The summed E-state index contributed by atoms with van der Waals surface area (Å²) in [5, 5.41) is 0. The minimum Gasteiger partial charge on any atom is -0.244 e. The quantitative estimate of drug-likeness (QED) is 0.501. The monoisotopic (exact) mass is 414 g/mol. The molecule has 2 nitrogen and oxygen atoms in total. The Morgan fingerprint density at radius 1 is 0.643 bits per heavy atom. The van der Waals surface area contributed by atoms with E-state index in [1.165, 1.54) is 62.2 Å². The van der Waals surface area contributed by atoms with Crippen molar-refractivity contribution >= 4 is 37.7 Å². The predicted octanol–water partition coefficient (Wildman–Crippen LogP) is 6.55. The topological polar surface area (TPSA) is 25.8 Å². The second-order valence-electron chi connectivity index (χ2n) is 8.58. The van der Waals surface area contributed by atoms with Crippen LogP contribution < -0.4 is 10.9 Å². The van der Waals surface area contributed by atoms with E-state index in [4.69, 9.17) is 9.97 Å². The average Bonchev–Trinajstić information content (AvgIpc) is 3.35. The lowest BCUT2D eigenvalue weighted by Gasteiger charge is -2.31. The minimum atomic E-state index is -0.183. The maximum Gasteiger partial charge on any atom is 0.0902 e. The highest BCUT2D eigenvalue weighted by atomic mass is 31.1. The number of benzene rings is 1. The molecule has 4 heteroatoms.